The van der Waals surface area contributed by atoms with Gasteiger partial charge in [0.1, 0.15) is 5.54 Å². The highest BCUT2D eigenvalue weighted by Crippen LogP contribution is 2.34. The van der Waals surface area contributed by atoms with Crippen LogP contribution in [0.25, 0.3) is 0 Å². The molecule has 1 heterocycles. The lowest BCUT2D eigenvalue weighted by Gasteiger charge is -2.27. The maximum Gasteiger partial charge on any atom is 0.325 e. The minimum Gasteiger partial charge on any atom is -0.481 e. The third-order valence-corrected chi connectivity index (χ3v) is 4.10. The fourth-order valence-electron chi connectivity index (χ4n) is 2.94. The third-order valence-electron chi connectivity index (χ3n) is 4.10. The summed E-state index contributed by atoms with van der Waals surface area (Å²) in [5.41, 5.74) is 1.66. The number of carbonyl (C=O) groups excluding carboxylic acids is 2. The zero-order valence-electron chi connectivity index (χ0n) is 13.0. The van der Waals surface area contributed by atoms with Crippen LogP contribution in [0, 0.1) is 13.8 Å². The van der Waals surface area contributed by atoms with Crippen LogP contribution in [0.5, 0.6) is 0 Å². The molecule has 1 atom stereocenters. The molecule has 6 nitrogen and oxygen atoms in total. The van der Waals surface area contributed by atoms with E-state index in [2.05, 4.69) is 5.32 Å². The normalized spacial score (nSPS) is 21.1. The molecule has 0 aliphatic carbocycles. The van der Waals surface area contributed by atoms with Gasteiger partial charge in [0.2, 0.25) is 0 Å². The van der Waals surface area contributed by atoms with Crippen LogP contribution in [0.1, 0.15) is 36.5 Å². The number of aliphatic carboxylic acids is 1. The predicted molar refractivity (Wildman–Crippen MR) is 80.4 cm³/mol. The first-order valence-electron chi connectivity index (χ1n) is 7.25. The van der Waals surface area contributed by atoms with Crippen molar-refractivity contribution in [2.45, 2.75) is 39.2 Å². The largest absolute Gasteiger partial charge is 0.481 e. The lowest BCUT2D eigenvalue weighted by molar-refractivity contribution is -0.138. The molecule has 0 aromatic heterocycles. The molecule has 0 radical (unpaired) electrons. The molecule has 6 heteroatoms. The summed E-state index contributed by atoms with van der Waals surface area (Å²) >= 11 is 0. The van der Waals surface area contributed by atoms with Crippen molar-refractivity contribution in [3.63, 3.8) is 0 Å². The molecule has 0 saturated carbocycles. The summed E-state index contributed by atoms with van der Waals surface area (Å²) < 4.78 is 0. The zero-order chi connectivity index (χ0) is 16.5. The molecule has 1 aliphatic heterocycles. The average Bonchev–Trinajstić information content (AvgIpc) is 2.68. The first-order valence-corrected chi connectivity index (χ1v) is 7.25. The highest BCUT2D eigenvalue weighted by atomic mass is 16.4. The minimum atomic E-state index is -1.10. The van der Waals surface area contributed by atoms with Crippen molar-refractivity contribution in [2.75, 3.05) is 6.54 Å². The van der Waals surface area contributed by atoms with Crippen LogP contribution < -0.4 is 5.32 Å². The van der Waals surface area contributed by atoms with Crippen LogP contribution in [-0.2, 0) is 15.1 Å². The lowest BCUT2D eigenvalue weighted by atomic mass is 9.84. The molecule has 1 fully saturated rings. The summed E-state index contributed by atoms with van der Waals surface area (Å²) in [6.07, 6.45) is 0.150. The maximum atomic E-state index is 12.8. The Kier molecular flexibility index (Phi) is 4.21. The van der Waals surface area contributed by atoms with E-state index >= 15 is 0 Å². The molecule has 1 aliphatic rings. The molecule has 1 aromatic rings. The van der Waals surface area contributed by atoms with Gasteiger partial charge in [0, 0.05) is 6.54 Å². The van der Waals surface area contributed by atoms with E-state index in [1.54, 1.807) is 0 Å². The standard InChI is InChI=1S/C16H20N2O4/c1-4-16(12-6-5-10(2)9-11(12)3)14(21)18(15(22)17-16)8-7-13(19)20/h5-6,9H,4,7-8H2,1-3H3,(H,17,22)(H,19,20). The first kappa shape index (κ1) is 16.0. The van der Waals surface area contributed by atoms with Crippen molar-refractivity contribution in [3.8, 4) is 0 Å². The van der Waals surface area contributed by atoms with Crippen molar-refractivity contribution >= 4 is 17.9 Å². The van der Waals surface area contributed by atoms with E-state index in [0.717, 1.165) is 21.6 Å². The monoisotopic (exact) mass is 304 g/mol. The van der Waals surface area contributed by atoms with Crippen LogP contribution in [0.15, 0.2) is 18.2 Å². The number of carbonyl (C=O) groups is 3. The Bertz CT molecular complexity index is 641. The molecular weight excluding hydrogens is 284 g/mol. The van der Waals surface area contributed by atoms with E-state index in [0.29, 0.717) is 6.42 Å². The molecule has 0 bridgehead atoms. The van der Waals surface area contributed by atoms with E-state index < -0.39 is 17.5 Å². The van der Waals surface area contributed by atoms with E-state index in [1.165, 1.54) is 0 Å². The Morgan fingerprint density at radius 2 is 2.00 bits per heavy atom. The summed E-state index contributed by atoms with van der Waals surface area (Å²) in [7, 11) is 0. The second-order valence-electron chi connectivity index (χ2n) is 5.61. The highest BCUT2D eigenvalue weighted by molar-refractivity contribution is 6.07. The lowest BCUT2D eigenvalue weighted by Crippen LogP contribution is -2.44. The summed E-state index contributed by atoms with van der Waals surface area (Å²) in [5.74, 6) is -1.42. The van der Waals surface area contributed by atoms with Gasteiger partial charge in [-0.05, 0) is 31.4 Å². The second kappa shape index (κ2) is 5.79. The van der Waals surface area contributed by atoms with Gasteiger partial charge in [0.05, 0.1) is 6.42 Å². The molecule has 1 aromatic carbocycles. The summed E-state index contributed by atoms with van der Waals surface area (Å²) in [6, 6.07) is 5.19. The van der Waals surface area contributed by atoms with Gasteiger partial charge in [-0.25, -0.2) is 4.79 Å². The fraction of sp³-hybridized carbons (Fsp3) is 0.438. The Labute approximate surface area is 129 Å². The Morgan fingerprint density at radius 3 is 2.55 bits per heavy atom. The summed E-state index contributed by atoms with van der Waals surface area (Å²) in [6.45, 7) is 5.58. The van der Waals surface area contributed by atoms with Gasteiger partial charge >= 0.3 is 12.0 Å². The number of rotatable bonds is 5. The van der Waals surface area contributed by atoms with Gasteiger partial charge < -0.3 is 10.4 Å². The third kappa shape index (κ3) is 2.56. The van der Waals surface area contributed by atoms with Gasteiger partial charge in [-0.3, -0.25) is 14.5 Å². The van der Waals surface area contributed by atoms with Crippen molar-refractivity contribution in [3.05, 3.63) is 34.9 Å². The maximum absolute atomic E-state index is 12.8. The quantitative estimate of drug-likeness (QED) is 0.814. The number of hydrogen-bond donors (Lipinski definition) is 2. The smallest absolute Gasteiger partial charge is 0.325 e. The molecule has 1 unspecified atom stereocenters. The van der Waals surface area contributed by atoms with Gasteiger partial charge in [-0.15, -0.1) is 0 Å². The first-order chi connectivity index (χ1) is 10.3. The molecule has 22 heavy (non-hydrogen) atoms. The topological polar surface area (TPSA) is 86.7 Å². The van der Waals surface area contributed by atoms with E-state index in [9.17, 15) is 14.4 Å². The molecule has 118 valence electrons. The van der Waals surface area contributed by atoms with E-state index in [1.807, 2.05) is 39.0 Å². The molecule has 2 rings (SSSR count). The summed E-state index contributed by atoms with van der Waals surface area (Å²) in [5, 5.41) is 11.5. The number of benzene rings is 1. The van der Waals surface area contributed by atoms with Crippen LogP contribution in [0.4, 0.5) is 4.79 Å². The highest BCUT2D eigenvalue weighted by Gasteiger charge is 2.51. The Hall–Kier alpha value is -2.37. The number of carboxylic acids is 1. The van der Waals surface area contributed by atoms with Gasteiger partial charge in [0.15, 0.2) is 0 Å². The number of amides is 3. The van der Waals surface area contributed by atoms with Crippen LogP contribution in [-0.4, -0.2) is 34.5 Å². The number of hydrogen-bond acceptors (Lipinski definition) is 3. The molecule has 1 saturated heterocycles. The number of urea groups is 1. The number of carboxylic acid groups (broad SMARTS) is 1. The van der Waals surface area contributed by atoms with Crippen molar-refractivity contribution in [1.82, 2.24) is 10.2 Å². The molecule has 3 amide bonds. The predicted octanol–water partition coefficient (Wildman–Crippen LogP) is 1.94. The summed E-state index contributed by atoms with van der Waals surface area (Å²) in [4.78, 5) is 36.6. The molecule has 0 spiro atoms. The van der Waals surface area contributed by atoms with Crippen molar-refractivity contribution in [2.24, 2.45) is 0 Å². The van der Waals surface area contributed by atoms with Gasteiger partial charge in [-0.1, -0.05) is 30.7 Å². The van der Waals surface area contributed by atoms with Crippen molar-refractivity contribution < 1.29 is 19.5 Å². The van der Waals surface area contributed by atoms with Crippen molar-refractivity contribution in [1.29, 1.82) is 0 Å². The Morgan fingerprint density at radius 1 is 1.32 bits per heavy atom. The zero-order valence-corrected chi connectivity index (χ0v) is 13.0. The molecule has 2 N–H and O–H groups in total. The fourth-order valence-corrected chi connectivity index (χ4v) is 2.94. The number of aryl methyl sites for hydroxylation is 2. The van der Waals surface area contributed by atoms with E-state index in [-0.39, 0.29) is 18.9 Å². The Balaban J connectivity index is 2.40. The SMILES string of the molecule is CCC1(c2ccc(C)cc2C)NC(=O)N(CCC(=O)O)C1=O. The van der Waals surface area contributed by atoms with E-state index in [4.69, 9.17) is 5.11 Å². The van der Waals surface area contributed by atoms with Crippen LogP contribution in [0.3, 0.4) is 0 Å². The minimum absolute atomic E-state index is 0.118. The number of imide groups is 1. The molecular formula is C16H20N2O4. The average molecular weight is 304 g/mol. The number of nitrogens with zero attached hydrogens (tertiary/aromatic N) is 1. The second-order valence-corrected chi connectivity index (χ2v) is 5.61. The van der Waals surface area contributed by atoms with Crippen LogP contribution in [0.2, 0.25) is 0 Å². The number of nitrogens with one attached hydrogen (secondary N) is 1. The van der Waals surface area contributed by atoms with Gasteiger partial charge in [-0.2, -0.15) is 0 Å². The van der Waals surface area contributed by atoms with Gasteiger partial charge in [0.25, 0.3) is 5.91 Å². The van der Waals surface area contributed by atoms with Crippen LogP contribution >= 0.6 is 0 Å².